The van der Waals surface area contributed by atoms with E-state index in [0.717, 1.165) is 5.56 Å². The number of aromatic nitrogens is 2. The molecule has 3 N–H and O–H groups in total. The molecule has 6 nitrogen and oxygen atoms in total. The summed E-state index contributed by atoms with van der Waals surface area (Å²) in [5.74, 6) is 0.115. The van der Waals surface area contributed by atoms with E-state index in [0.29, 0.717) is 5.82 Å². The summed E-state index contributed by atoms with van der Waals surface area (Å²) in [7, 11) is 0. The van der Waals surface area contributed by atoms with Gasteiger partial charge in [-0.1, -0.05) is 20.8 Å². The largest absolute Gasteiger partial charge is 0.347 e. The van der Waals surface area contributed by atoms with Gasteiger partial charge in [-0.2, -0.15) is 5.10 Å². The van der Waals surface area contributed by atoms with Crippen molar-refractivity contribution >= 4 is 17.6 Å². The van der Waals surface area contributed by atoms with E-state index in [9.17, 15) is 9.59 Å². The molecule has 0 unspecified atom stereocenters. The van der Waals surface area contributed by atoms with Crippen molar-refractivity contribution in [3.8, 4) is 0 Å². The third kappa shape index (κ3) is 3.90. The Hall–Kier alpha value is -1.85. The lowest BCUT2D eigenvalue weighted by atomic mass is 9.96. The summed E-state index contributed by atoms with van der Waals surface area (Å²) in [5.41, 5.74) is 0.352. The molecular formula is C11H18N4O2. The molecule has 1 aromatic heterocycles. The fraction of sp³-hybridized carbons (Fsp3) is 0.545. The summed E-state index contributed by atoms with van der Waals surface area (Å²) in [6, 6.07) is 0. The Morgan fingerprint density at radius 1 is 1.41 bits per heavy atom. The van der Waals surface area contributed by atoms with E-state index in [-0.39, 0.29) is 18.4 Å². The Morgan fingerprint density at radius 2 is 2.06 bits per heavy atom. The van der Waals surface area contributed by atoms with Crippen LogP contribution >= 0.6 is 0 Å². The maximum atomic E-state index is 11.5. The van der Waals surface area contributed by atoms with E-state index in [1.807, 2.05) is 6.92 Å². The number of carbonyl (C=O) groups excluding carboxylic acids is 2. The summed E-state index contributed by atoms with van der Waals surface area (Å²) >= 11 is 0. The molecule has 0 atom stereocenters. The lowest BCUT2D eigenvalue weighted by Crippen LogP contribution is -2.39. The van der Waals surface area contributed by atoms with Crippen LogP contribution in [0.1, 0.15) is 26.3 Å². The van der Waals surface area contributed by atoms with Gasteiger partial charge in [0.1, 0.15) is 5.82 Å². The molecule has 0 aliphatic rings. The Morgan fingerprint density at radius 3 is 2.53 bits per heavy atom. The van der Waals surface area contributed by atoms with Crippen molar-refractivity contribution in [3.63, 3.8) is 0 Å². The maximum absolute atomic E-state index is 11.5. The van der Waals surface area contributed by atoms with Gasteiger partial charge >= 0.3 is 0 Å². The number of anilines is 1. The topological polar surface area (TPSA) is 86.9 Å². The number of amides is 2. The van der Waals surface area contributed by atoms with Gasteiger partial charge in [0.15, 0.2) is 0 Å². The molecule has 17 heavy (non-hydrogen) atoms. The number of aromatic amines is 1. The van der Waals surface area contributed by atoms with Gasteiger partial charge < -0.3 is 10.6 Å². The highest BCUT2D eigenvalue weighted by molar-refractivity contribution is 5.94. The Balaban J connectivity index is 2.42. The molecule has 0 spiro atoms. The lowest BCUT2D eigenvalue weighted by Gasteiger charge is -2.17. The van der Waals surface area contributed by atoms with Crippen LogP contribution in [0.25, 0.3) is 0 Å². The van der Waals surface area contributed by atoms with E-state index < -0.39 is 5.41 Å². The van der Waals surface area contributed by atoms with Crippen LogP contribution in [0.3, 0.4) is 0 Å². The minimum Gasteiger partial charge on any atom is -0.347 e. The quantitative estimate of drug-likeness (QED) is 0.728. The SMILES string of the molecule is Cc1cn[nH]c1NC(=O)CNC(=O)C(C)(C)C. The van der Waals surface area contributed by atoms with Gasteiger partial charge in [-0.05, 0) is 6.92 Å². The van der Waals surface area contributed by atoms with Crippen LogP contribution in [0.2, 0.25) is 0 Å². The third-order valence-corrected chi connectivity index (χ3v) is 2.18. The summed E-state index contributed by atoms with van der Waals surface area (Å²) in [6.07, 6.45) is 1.61. The second kappa shape index (κ2) is 4.99. The molecule has 0 saturated heterocycles. The molecule has 0 fully saturated rings. The minimum atomic E-state index is -0.496. The van der Waals surface area contributed by atoms with Gasteiger partial charge in [0.25, 0.3) is 0 Å². The average Bonchev–Trinajstić information content (AvgIpc) is 2.59. The molecule has 0 aromatic carbocycles. The van der Waals surface area contributed by atoms with Crippen molar-refractivity contribution in [3.05, 3.63) is 11.8 Å². The zero-order valence-electron chi connectivity index (χ0n) is 10.5. The smallest absolute Gasteiger partial charge is 0.244 e. The Kier molecular flexibility index (Phi) is 3.88. The number of H-pyrrole nitrogens is 1. The number of nitrogens with one attached hydrogen (secondary N) is 3. The second-order valence-corrected chi connectivity index (χ2v) is 4.91. The van der Waals surface area contributed by atoms with Gasteiger partial charge in [0, 0.05) is 11.0 Å². The molecule has 1 rings (SSSR count). The molecule has 0 radical (unpaired) electrons. The minimum absolute atomic E-state index is 0.0471. The summed E-state index contributed by atoms with van der Waals surface area (Å²) in [5, 5.41) is 11.6. The van der Waals surface area contributed by atoms with Crippen molar-refractivity contribution in [1.82, 2.24) is 15.5 Å². The van der Waals surface area contributed by atoms with Gasteiger partial charge in [-0.3, -0.25) is 14.7 Å². The number of hydrogen-bond donors (Lipinski definition) is 3. The van der Waals surface area contributed by atoms with Crippen LogP contribution in [0.4, 0.5) is 5.82 Å². The molecule has 0 aliphatic heterocycles. The van der Waals surface area contributed by atoms with Crippen LogP contribution in [0.5, 0.6) is 0 Å². The summed E-state index contributed by atoms with van der Waals surface area (Å²) < 4.78 is 0. The van der Waals surface area contributed by atoms with E-state index in [4.69, 9.17) is 0 Å². The molecule has 0 aliphatic carbocycles. The van der Waals surface area contributed by atoms with Gasteiger partial charge in [0.2, 0.25) is 11.8 Å². The predicted molar refractivity (Wildman–Crippen MR) is 64.4 cm³/mol. The highest BCUT2D eigenvalue weighted by Gasteiger charge is 2.21. The van der Waals surface area contributed by atoms with Crippen molar-refractivity contribution in [2.24, 2.45) is 5.41 Å². The highest BCUT2D eigenvalue weighted by Crippen LogP contribution is 2.12. The molecule has 0 saturated carbocycles. The summed E-state index contributed by atoms with van der Waals surface area (Å²) in [6.45, 7) is 7.15. The Bertz CT molecular complexity index is 417. The first-order valence-corrected chi connectivity index (χ1v) is 5.39. The third-order valence-electron chi connectivity index (χ3n) is 2.18. The van der Waals surface area contributed by atoms with Crippen molar-refractivity contribution < 1.29 is 9.59 Å². The molecule has 0 bridgehead atoms. The lowest BCUT2D eigenvalue weighted by molar-refractivity contribution is -0.130. The molecule has 2 amide bonds. The maximum Gasteiger partial charge on any atom is 0.244 e. The van der Waals surface area contributed by atoms with Crippen LogP contribution in [0.15, 0.2) is 6.20 Å². The first-order chi connectivity index (χ1) is 7.80. The molecule has 6 heteroatoms. The van der Waals surface area contributed by atoms with E-state index in [1.54, 1.807) is 27.0 Å². The number of aryl methyl sites for hydroxylation is 1. The molecule has 1 heterocycles. The molecular weight excluding hydrogens is 220 g/mol. The van der Waals surface area contributed by atoms with Gasteiger partial charge in [0.05, 0.1) is 12.7 Å². The van der Waals surface area contributed by atoms with Crippen molar-refractivity contribution in [1.29, 1.82) is 0 Å². The average molecular weight is 238 g/mol. The monoisotopic (exact) mass is 238 g/mol. The fourth-order valence-electron chi connectivity index (χ4n) is 1.08. The van der Waals surface area contributed by atoms with E-state index in [1.165, 1.54) is 0 Å². The number of hydrogen-bond acceptors (Lipinski definition) is 3. The van der Waals surface area contributed by atoms with Crippen LogP contribution in [-0.2, 0) is 9.59 Å². The standard InChI is InChI=1S/C11H18N4O2/c1-7-5-13-15-9(7)14-8(16)6-12-10(17)11(2,3)4/h5H,6H2,1-4H3,(H,12,17)(H2,13,14,15,16). The number of nitrogens with zero attached hydrogens (tertiary/aromatic N) is 1. The molecule has 1 aromatic rings. The zero-order valence-corrected chi connectivity index (χ0v) is 10.5. The van der Waals surface area contributed by atoms with Gasteiger partial charge in [-0.25, -0.2) is 0 Å². The highest BCUT2D eigenvalue weighted by atomic mass is 16.2. The van der Waals surface area contributed by atoms with Crippen LogP contribution in [-0.4, -0.2) is 28.6 Å². The first-order valence-electron chi connectivity index (χ1n) is 5.39. The van der Waals surface area contributed by atoms with Crippen LogP contribution < -0.4 is 10.6 Å². The van der Waals surface area contributed by atoms with E-state index >= 15 is 0 Å². The predicted octanol–water partition coefficient (Wildman–Crippen LogP) is 0.819. The first kappa shape index (κ1) is 13.2. The Labute approximate surface area is 100 Å². The summed E-state index contributed by atoms with van der Waals surface area (Å²) in [4.78, 5) is 23.0. The normalized spacial score (nSPS) is 11.1. The second-order valence-electron chi connectivity index (χ2n) is 4.91. The molecule has 94 valence electrons. The number of carbonyl (C=O) groups is 2. The van der Waals surface area contributed by atoms with Crippen LogP contribution in [0, 0.1) is 12.3 Å². The van der Waals surface area contributed by atoms with Crippen molar-refractivity contribution in [2.45, 2.75) is 27.7 Å². The van der Waals surface area contributed by atoms with E-state index in [2.05, 4.69) is 20.8 Å². The fourth-order valence-corrected chi connectivity index (χ4v) is 1.08. The number of rotatable bonds is 3. The van der Waals surface area contributed by atoms with Crippen molar-refractivity contribution in [2.75, 3.05) is 11.9 Å². The van der Waals surface area contributed by atoms with Gasteiger partial charge in [-0.15, -0.1) is 0 Å². The zero-order chi connectivity index (χ0) is 13.1.